The predicted octanol–water partition coefficient (Wildman–Crippen LogP) is 3.55. The van der Waals surface area contributed by atoms with Crippen molar-refractivity contribution in [2.75, 3.05) is 20.2 Å². The number of fused-ring (bicyclic) bond motifs is 2. The number of hydrogen-bond donors (Lipinski definition) is 1. The second-order valence-corrected chi connectivity index (χ2v) is 9.19. The quantitative estimate of drug-likeness (QED) is 0.534. The highest BCUT2D eigenvalue weighted by atomic mass is 16.5. The van der Waals surface area contributed by atoms with Gasteiger partial charge in [-0.3, -0.25) is 9.47 Å². The maximum atomic E-state index is 13.0. The molecule has 1 atom stereocenters. The number of ether oxygens (including phenoxy) is 1. The first-order valence-corrected chi connectivity index (χ1v) is 11.5. The molecule has 1 aromatic carbocycles. The minimum atomic E-state index is -0.0127. The van der Waals surface area contributed by atoms with Gasteiger partial charge in [0.1, 0.15) is 6.33 Å². The summed E-state index contributed by atoms with van der Waals surface area (Å²) in [7, 11) is 1.64. The van der Waals surface area contributed by atoms with Crippen LogP contribution in [0.3, 0.4) is 0 Å². The highest BCUT2D eigenvalue weighted by Crippen LogP contribution is 2.34. The van der Waals surface area contributed by atoms with Gasteiger partial charge in [-0.2, -0.15) is 5.10 Å². The number of piperidine rings is 1. The molecule has 1 aliphatic carbocycles. The van der Waals surface area contributed by atoms with E-state index in [2.05, 4.69) is 39.0 Å². The van der Waals surface area contributed by atoms with Crippen LogP contribution in [0, 0.1) is 6.92 Å². The van der Waals surface area contributed by atoms with Crippen LogP contribution in [0.2, 0.25) is 0 Å². The van der Waals surface area contributed by atoms with Crippen molar-refractivity contribution >= 4 is 16.7 Å². The number of imidazole rings is 1. The summed E-state index contributed by atoms with van der Waals surface area (Å²) in [6.07, 6.45) is 9.62. The predicted molar refractivity (Wildman–Crippen MR) is 123 cm³/mol. The average Bonchev–Trinajstić information content (AvgIpc) is 3.34. The molecule has 0 amide bonds. The van der Waals surface area contributed by atoms with Gasteiger partial charge >= 0.3 is 5.69 Å². The van der Waals surface area contributed by atoms with Crippen LogP contribution in [0.1, 0.15) is 43.7 Å². The number of aromatic amines is 1. The van der Waals surface area contributed by atoms with E-state index in [4.69, 9.17) is 4.74 Å². The molecule has 2 fully saturated rings. The lowest BCUT2D eigenvalue weighted by Gasteiger charge is -2.42. The fourth-order valence-electron chi connectivity index (χ4n) is 5.42. The third-order valence-corrected chi connectivity index (χ3v) is 7.32. The molecule has 4 aromatic rings. The van der Waals surface area contributed by atoms with Gasteiger partial charge in [-0.1, -0.05) is 6.42 Å². The van der Waals surface area contributed by atoms with E-state index in [-0.39, 0.29) is 11.7 Å². The minimum Gasteiger partial charge on any atom is -0.493 e. The summed E-state index contributed by atoms with van der Waals surface area (Å²) in [5, 5.41) is 4.28. The van der Waals surface area contributed by atoms with Crippen LogP contribution < -0.4 is 10.4 Å². The Morgan fingerprint density at radius 1 is 1.12 bits per heavy atom. The van der Waals surface area contributed by atoms with Crippen molar-refractivity contribution in [1.29, 1.82) is 0 Å². The highest BCUT2D eigenvalue weighted by Gasteiger charge is 2.31. The number of benzene rings is 1. The number of aromatic nitrogens is 5. The molecule has 2 aliphatic rings. The number of aryl methyl sites for hydroxylation is 1. The summed E-state index contributed by atoms with van der Waals surface area (Å²) in [5.74, 6) is 0.670. The van der Waals surface area contributed by atoms with Crippen molar-refractivity contribution in [2.45, 2.75) is 51.1 Å². The van der Waals surface area contributed by atoms with E-state index in [9.17, 15) is 4.79 Å². The van der Waals surface area contributed by atoms with Crippen molar-refractivity contribution in [3.8, 4) is 16.9 Å². The molecule has 32 heavy (non-hydrogen) atoms. The molecule has 166 valence electrons. The monoisotopic (exact) mass is 432 g/mol. The summed E-state index contributed by atoms with van der Waals surface area (Å²) in [6, 6.07) is 7.14. The van der Waals surface area contributed by atoms with E-state index >= 15 is 0 Å². The molecule has 1 saturated heterocycles. The molecule has 1 aliphatic heterocycles. The number of hydrogen-bond acceptors (Lipinski definition) is 5. The van der Waals surface area contributed by atoms with Gasteiger partial charge in [-0.15, -0.1) is 0 Å². The fraction of sp³-hybridized carbons (Fsp3) is 0.458. The van der Waals surface area contributed by atoms with Crippen molar-refractivity contribution < 1.29 is 4.74 Å². The third-order valence-electron chi connectivity index (χ3n) is 7.32. The lowest BCUT2D eigenvalue weighted by atomic mass is 9.89. The Bertz CT molecular complexity index is 1360. The topological polar surface area (TPSA) is 80.5 Å². The van der Waals surface area contributed by atoms with Crippen molar-refractivity contribution in [3.05, 3.63) is 46.8 Å². The van der Waals surface area contributed by atoms with Crippen LogP contribution in [0.5, 0.6) is 5.75 Å². The summed E-state index contributed by atoms with van der Waals surface area (Å²) in [5.41, 5.74) is 5.66. The SMILES string of the molecule is COc1cc(-c2cc3[nH]c(=O)n([C@@H]4CCCN(C5CCC5)C4)c3cc2C)cn2ncnc12. The van der Waals surface area contributed by atoms with Gasteiger partial charge in [0.05, 0.1) is 24.2 Å². The van der Waals surface area contributed by atoms with E-state index in [1.165, 1.54) is 25.6 Å². The second-order valence-electron chi connectivity index (χ2n) is 9.19. The third kappa shape index (κ3) is 3.04. The van der Waals surface area contributed by atoms with Gasteiger partial charge in [-0.05, 0) is 68.5 Å². The van der Waals surface area contributed by atoms with Crippen LogP contribution in [0.4, 0.5) is 0 Å². The Balaban J connectivity index is 1.42. The first-order chi connectivity index (χ1) is 15.6. The maximum Gasteiger partial charge on any atom is 0.326 e. The molecule has 0 bridgehead atoms. The smallest absolute Gasteiger partial charge is 0.326 e. The summed E-state index contributed by atoms with van der Waals surface area (Å²) in [4.78, 5) is 23.0. The number of nitrogens with one attached hydrogen (secondary N) is 1. The Morgan fingerprint density at radius 3 is 2.75 bits per heavy atom. The minimum absolute atomic E-state index is 0.0127. The summed E-state index contributed by atoms with van der Waals surface area (Å²) in [6.45, 7) is 4.22. The zero-order valence-corrected chi connectivity index (χ0v) is 18.5. The van der Waals surface area contributed by atoms with Crippen LogP contribution in [0.25, 0.3) is 27.8 Å². The van der Waals surface area contributed by atoms with Crippen LogP contribution in [-0.2, 0) is 0 Å². The Labute approximate surface area is 185 Å². The van der Waals surface area contributed by atoms with Crippen LogP contribution in [-0.4, -0.2) is 55.3 Å². The molecule has 1 N–H and O–H groups in total. The Morgan fingerprint density at radius 2 is 1.97 bits per heavy atom. The molecular weight excluding hydrogens is 404 g/mol. The maximum absolute atomic E-state index is 13.0. The molecule has 3 aromatic heterocycles. The largest absolute Gasteiger partial charge is 0.493 e. The van der Waals surface area contributed by atoms with Gasteiger partial charge in [0.2, 0.25) is 0 Å². The normalized spacial score (nSPS) is 20.1. The Kier molecular flexibility index (Phi) is 4.57. The second kappa shape index (κ2) is 7.48. The lowest BCUT2D eigenvalue weighted by molar-refractivity contribution is 0.0799. The van der Waals surface area contributed by atoms with E-state index in [1.807, 2.05) is 16.8 Å². The zero-order chi connectivity index (χ0) is 21.8. The molecule has 4 heterocycles. The average molecular weight is 433 g/mol. The van der Waals surface area contributed by atoms with Crippen molar-refractivity contribution in [2.24, 2.45) is 0 Å². The number of H-pyrrole nitrogens is 1. The molecule has 8 heteroatoms. The lowest BCUT2D eigenvalue weighted by Crippen LogP contribution is -2.47. The van der Waals surface area contributed by atoms with Gasteiger partial charge in [0.15, 0.2) is 11.4 Å². The van der Waals surface area contributed by atoms with E-state index in [0.29, 0.717) is 17.4 Å². The summed E-state index contributed by atoms with van der Waals surface area (Å²) < 4.78 is 9.25. The van der Waals surface area contributed by atoms with Gasteiger partial charge in [0, 0.05) is 24.3 Å². The number of rotatable bonds is 4. The number of likely N-dealkylation sites (tertiary alicyclic amines) is 1. The molecule has 0 spiro atoms. The molecular formula is C24H28N6O2. The van der Waals surface area contributed by atoms with Gasteiger partial charge in [-0.25, -0.2) is 14.3 Å². The zero-order valence-electron chi connectivity index (χ0n) is 18.5. The summed E-state index contributed by atoms with van der Waals surface area (Å²) >= 11 is 0. The number of methoxy groups -OCH3 is 1. The first kappa shape index (κ1) is 19.5. The number of nitrogens with zero attached hydrogens (tertiary/aromatic N) is 5. The molecule has 6 rings (SSSR count). The molecule has 8 nitrogen and oxygen atoms in total. The molecule has 0 radical (unpaired) electrons. The van der Waals surface area contributed by atoms with E-state index < -0.39 is 0 Å². The van der Waals surface area contributed by atoms with Crippen LogP contribution >= 0.6 is 0 Å². The van der Waals surface area contributed by atoms with Crippen molar-refractivity contribution in [3.63, 3.8) is 0 Å². The molecule has 1 saturated carbocycles. The molecule has 0 unspecified atom stereocenters. The Hall–Kier alpha value is -3.13. The highest BCUT2D eigenvalue weighted by molar-refractivity contribution is 5.85. The van der Waals surface area contributed by atoms with E-state index in [0.717, 1.165) is 53.7 Å². The van der Waals surface area contributed by atoms with Gasteiger partial charge < -0.3 is 9.72 Å². The number of pyridine rings is 1. The fourth-order valence-corrected chi connectivity index (χ4v) is 5.42. The van der Waals surface area contributed by atoms with Crippen molar-refractivity contribution in [1.82, 2.24) is 29.0 Å². The first-order valence-electron chi connectivity index (χ1n) is 11.5. The van der Waals surface area contributed by atoms with Gasteiger partial charge in [0.25, 0.3) is 0 Å². The van der Waals surface area contributed by atoms with Crippen LogP contribution in [0.15, 0.2) is 35.5 Å². The van der Waals surface area contributed by atoms with E-state index in [1.54, 1.807) is 11.6 Å². The standard InChI is InChI=1S/C24H28N6O2/c1-15-9-21-20(11-19(15)16-10-22(32-2)23-25-14-26-29(23)12-16)27-24(31)30(21)18-7-4-8-28(13-18)17-5-3-6-17/h9-12,14,17-18H,3-8,13H2,1-2H3,(H,27,31)/t18-/m1/s1.